The van der Waals surface area contributed by atoms with E-state index < -0.39 is 5.54 Å². The van der Waals surface area contributed by atoms with Gasteiger partial charge in [0.05, 0.1) is 18.8 Å². The molecule has 1 aliphatic heterocycles. The molecule has 0 aromatic heterocycles. The molecule has 2 fully saturated rings. The lowest BCUT2D eigenvalue weighted by Gasteiger charge is -2.26. The molecule has 2 aliphatic rings. The Morgan fingerprint density at radius 1 is 1.12 bits per heavy atom. The van der Waals surface area contributed by atoms with E-state index in [1.807, 2.05) is 12.1 Å². The van der Waals surface area contributed by atoms with Crippen LogP contribution in [0.4, 0.5) is 5.69 Å². The third-order valence-corrected chi connectivity index (χ3v) is 4.67. The van der Waals surface area contributed by atoms with E-state index >= 15 is 0 Å². The molecule has 1 saturated heterocycles. The molecule has 1 amide bonds. The van der Waals surface area contributed by atoms with Gasteiger partial charge in [-0.3, -0.25) is 9.69 Å². The number of nitrogens with zero attached hydrogens (tertiary/aromatic N) is 1. The van der Waals surface area contributed by atoms with Crippen LogP contribution in [0.1, 0.15) is 31.2 Å². The molecule has 3 N–H and O–H groups in total. The molecule has 0 radical (unpaired) electrons. The average molecular weight is 376 g/mol. The fourth-order valence-corrected chi connectivity index (χ4v) is 3.20. The lowest BCUT2D eigenvalue weighted by atomic mass is 9.98. The molecule has 1 aromatic rings. The quantitative estimate of drug-likeness (QED) is 0.848. The van der Waals surface area contributed by atoms with Crippen molar-refractivity contribution in [3.63, 3.8) is 0 Å². The summed E-state index contributed by atoms with van der Waals surface area (Å²) in [7, 11) is 0. The van der Waals surface area contributed by atoms with Crippen LogP contribution in [0, 0.1) is 0 Å². The Hall–Kier alpha value is -0.850. The minimum Gasteiger partial charge on any atom is -0.379 e. The van der Waals surface area contributed by atoms with Gasteiger partial charge in [-0.25, -0.2) is 0 Å². The van der Waals surface area contributed by atoms with E-state index in [0.717, 1.165) is 64.2 Å². The first-order chi connectivity index (χ1) is 10.7. The summed E-state index contributed by atoms with van der Waals surface area (Å²) in [5.74, 6) is -0.0501. The first kappa shape index (κ1) is 21.2. The Labute approximate surface area is 156 Å². The smallest absolute Gasteiger partial charge is 0.244 e. The van der Waals surface area contributed by atoms with Crippen molar-refractivity contribution in [2.75, 3.05) is 31.6 Å². The van der Waals surface area contributed by atoms with Crippen LogP contribution in [0.15, 0.2) is 24.3 Å². The van der Waals surface area contributed by atoms with Crippen LogP contribution in [-0.2, 0) is 16.1 Å². The maximum atomic E-state index is 12.3. The minimum atomic E-state index is -0.674. The van der Waals surface area contributed by atoms with Crippen LogP contribution in [0.5, 0.6) is 0 Å². The molecule has 1 aliphatic carbocycles. The van der Waals surface area contributed by atoms with Crippen molar-refractivity contribution in [2.24, 2.45) is 5.73 Å². The molecule has 3 rings (SSSR count). The third-order valence-electron chi connectivity index (χ3n) is 4.67. The molecule has 0 spiro atoms. The largest absolute Gasteiger partial charge is 0.379 e. The van der Waals surface area contributed by atoms with Crippen LogP contribution in [0.25, 0.3) is 0 Å². The van der Waals surface area contributed by atoms with Gasteiger partial charge < -0.3 is 15.8 Å². The van der Waals surface area contributed by atoms with Crippen molar-refractivity contribution in [2.45, 2.75) is 37.8 Å². The summed E-state index contributed by atoms with van der Waals surface area (Å²) >= 11 is 0. The Bertz CT molecular complexity index is 513. The first-order valence-electron chi connectivity index (χ1n) is 8.15. The lowest BCUT2D eigenvalue weighted by Crippen LogP contribution is -2.48. The first-order valence-corrected chi connectivity index (χ1v) is 8.15. The molecule has 0 atom stereocenters. The highest BCUT2D eigenvalue weighted by Gasteiger charge is 2.36. The molecule has 1 aromatic carbocycles. The fraction of sp³-hybridized carbons (Fsp3) is 0.588. The van der Waals surface area contributed by atoms with Gasteiger partial charge in [0.1, 0.15) is 0 Å². The number of anilines is 1. The number of hydrogen-bond acceptors (Lipinski definition) is 4. The van der Waals surface area contributed by atoms with Crippen LogP contribution < -0.4 is 11.1 Å². The van der Waals surface area contributed by atoms with Gasteiger partial charge in [0.25, 0.3) is 0 Å². The van der Waals surface area contributed by atoms with Gasteiger partial charge in [-0.1, -0.05) is 25.0 Å². The summed E-state index contributed by atoms with van der Waals surface area (Å²) in [5.41, 5.74) is 7.58. The number of morpholine rings is 1. The minimum absolute atomic E-state index is 0. The summed E-state index contributed by atoms with van der Waals surface area (Å²) in [6.45, 7) is 4.51. The van der Waals surface area contributed by atoms with Crippen molar-refractivity contribution < 1.29 is 9.53 Å². The van der Waals surface area contributed by atoms with Crippen LogP contribution >= 0.6 is 24.8 Å². The molecule has 0 bridgehead atoms. The number of benzene rings is 1. The van der Waals surface area contributed by atoms with Crippen molar-refractivity contribution in [1.82, 2.24) is 4.90 Å². The molecule has 7 heteroatoms. The molecule has 136 valence electrons. The zero-order chi connectivity index (χ0) is 15.4. The normalized spacial score (nSPS) is 19.9. The molecule has 0 unspecified atom stereocenters. The molecular formula is C17H27Cl2N3O2. The second kappa shape index (κ2) is 9.59. The highest BCUT2D eigenvalue weighted by Crippen LogP contribution is 2.28. The van der Waals surface area contributed by atoms with Crippen LogP contribution in [-0.4, -0.2) is 42.6 Å². The highest BCUT2D eigenvalue weighted by atomic mass is 35.5. The van der Waals surface area contributed by atoms with E-state index in [4.69, 9.17) is 10.5 Å². The molecule has 5 nitrogen and oxygen atoms in total. The Morgan fingerprint density at radius 2 is 1.71 bits per heavy atom. The number of nitrogens with two attached hydrogens (primary N) is 1. The predicted octanol–water partition coefficient (Wildman–Crippen LogP) is 2.57. The van der Waals surface area contributed by atoms with Gasteiger partial charge in [0.15, 0.2) is 0 Å². The zero-order valence-electron chi connectivity index (χ0n) is 13.8. The van der Waals surface area contributed by atoms with Gasteiger partial charge in [-0.05, 0) is 30.5 Å². The zero-order valence-corrected chi connectivity index (χ0v) is 15.5. The molecule has 24 heavy (non-hydrogen) atoms. The number of nitrogens with one attached hydrogen (secondary N) is 1. The van der Waals surface area contributed by atoms with Gasteiger partial charge in [0, 0.05) is 25.3 Å². The summed E-state index contributed by atoms with van der Waals surface area (Å²) < 4.78 is 5.36. The monoisotopic (exact) mass is 375 g/mol. The van der Waals surface area contributed by atoms with Crippen LogP contribution in [0.2, 0.25) is 0 Å². The van der Waals surface area contributed by atoms with Gasteiger partial charge in [-0.2, -0.15) is 0 Å². The maximum absolute atomic E-state index is 12.3. The van der Waals surface area contributed by atoms with E-state index in [-0.39, 0.29) is 30.7 Å². The average Bonchev–Trinajstić information content (AvgIpc) is 2.98. The van der Waals surface area contributed by atoms with Crippen molar-refractivity contribution in [1.29, 1.82) is 0 Å². The second-order valence-electron chi connectivity index (χ2n) is 6.40. The van der Waals surface area contributed by atoms with Crippen LogP contribution in [0.3, 0.4) is 0 Å². The molecular weight excluding hydrogens is 349 g/mol. The maximum Gasteiger partial charge on any atom is 0.244 e. The number of carbonyl (C=O) groups excluding carboxylic acids is 1. The Morgan fingerprint density at radius 3 is 2.29 bits per heavy atom. The predicted molar refractivity (Wildman–Crippen MR) is 101 cm³/mol. The van der Waals surface area contributed by atoms with Crippen molar-refractivity contribution in [3.05, 3.63) is 29.8 Å². The van der Waals surface area contributed by atoms with E-state index in [0.29, 0.717) is 0 Å². The Balaban J connectivity index is 0.00000144. The SMILES string of the molecule is Cl.Cl.NC1(C(=O)Nc2ccc(CN3CCOCC3)cc2)CCCC1. The fourth-order valence-electron chi connectivity index (χ4n) is 3.20. The number of hydrogen-bond donors (Lipinski definition) is 2. The van der Waals surface area contributed by atoms with E-state index in [2.05, 4.69) is 22.3 Å². The third kappa shape index (κ3) is 5.33. The summed E-state index contributed by atoms with van der Waals surface area (Å²) in [6.07, 6.45) is 3.66. The number of carbonyl (C=O) groups is 1. The summed E-state index contributed by atoms with van der Waals surface area (Å²) in [4.78, 5) is 14.7. The number of rotatable bonds is 4. The summed E-state index contributed by atoms with van der Waals surface area (Å²) in [5, 5.41) is 2.96. The number of amides is 1. The summed E-state index contributed by atoms with van der Waals surface area (Å²) in [6, 6.07) is 8.07. The standard InChI is InChI=1S/C17H25N3O2.2ClH/c18-17(7-1-2-8-17)16(21)19-15-5-3-14(4-6-15)13-20-9-11-22-12-10-20;;/h3-6H,1-2,7-13,18H2,(H,19,21);2*1H. The lowest BCUT2D eigenvalue weighted by molar-refractivity contribution is -0.121. The second-order valence-corrected chi connectivity index (χ2v) is 6.40. The highest BCUT2D eigenvalue weighted by molar-refractivity contribution is 5.98. The number of ether oxygens (including phenoxy) is 1. The molecule has 1 heterocycles. The van der Waals surface area contributed by atoms with E-state index in [9.17, 15) is 4.79 Å². The van der Waals surface area contributed by atoms with E-state index in [1.165, 1.54) is 5.56 Å². The van der Waals surface area contributed by atoms with Gasteiger partial charge >= 0.3 is 0 Å². The topological polar surface area (TPSA) is 67.6 Å². The van der Waals surface area contributed by atoms with E-state index in [1.54, 1.807) is 0 Å². The number of halogens is 2. The Kier molecular flexibility index (Phi) is 8.46. The van der Waals surface area contributed by atoms with Gasteiger partial charge in [0.2, 0.25) is 5.91 Å². The van der Waals surface area contributed by atoms with Gasteiger partial charge in [-0.15, -0.1) is 24.8 Å². The molecule has 1 saturated carbocycles. The van der Waals surface area contributed by atoms with Crippen molar-refractivity contribution in [3.8, 4) is 0 Å². The van der Waals surface area contributed by atoms with Crippen molar-refractivity contribution >= 4 is 36.4 Å².